The van der Waals surface area contributed by atoms with E-state index in [1.807, 2.05) is 68.4 Å². The number of carbonyl (C=O) groups excluding carboxylic acids is 1. The Morgan fingerprint density at radius 1 is 0.968 bits per heavy atom. The maximum Gasteiger partial charge on any atom is 0.258 e. The van der Waals surface area contributed by atoms with Crippen LogP contribution in [0.3, 0.4) is 0 Å². The fourth-order valence-electron chi connectivity index (χ4n) is 3.96. The molecule has 0 aliphatic carbocycles. The van der Waals surface area contributed by atoms with Crippen LogP contribution in [-0.2, 0) is 23.0 Å². The molecule has 0 unspecified atom stereocenters. The van der Waals surface area contributed by atoms with Crippen molar-refractivity contribution in [1.29, 1.82) is 0 Å². The lowest BCUT2D eigenvalue weighted by atomic mass is 10.1. The maximum atomic E-state index is 13.1. The molecule has 31 heavy (non-hydrogen) atoms. The van der Waals surface area contributed by atoms with Crippen molar-refractivity contribution >= 4 is 21.6 Å². The molecule has 4 rings (SSSR count). The minimum absolute atomic E-state index is 0.0232. The third kappa shape index (κ3) is 4.27. The minimum atomic E-state index is -3.63. The van der Waals surface area contributed by atoms with Crippen molar-refractivity contribution in [3.8, 4) is 0 Å². The first-order valence-electron chi connectivity index (χ1n) is 10.3. The molecule has 0 fully saturated rings. The second-order valence-electron chi connectivity index (χ2n) is 8.08. The molecule has 0 saturated heterocycles. The first kappa shape index (κ1) is 21.3. The van der Waals surface area contributed by atoms with Crippen LogP contribution in [0.2, 0.25) is 0 Å². The summed E-state index contributed by atoms with van der Waals surface area (Å²) in [6.45, 7) is 6.38. The fourth-order valence-corrected chi connectivity index (χ4v) is 5.30. The molecule has 0 bridgehead atoms. The Morgan fingerprint density at radius 2 is 1.74 bits per heavy atom. The van der Waals surface area contributed by atoms with Gasteiger partial charge in [0, 0.05) is 24.3 Å². The van der Waals surface area contributed by atoms with E-state index < -0.39 is 10.0 Å². The molecule has 1 aliphatic rings. The van der Waals surface area contributed by atoms with Crippen LogP contribution in [0.4, 0.5) is 5.69 Å². The van der Waals surface area contributed by atoms with Gasteiger partial charge in [-0.05, 0) is 73.2 Å². The zero-order valence-electron chi connectivity index (χ0n) is 18.0. The summed E-state index contributed by atoms with van der Waals surface area (Å²) in [6, 6.07) is 18.8. The average Bonchev–Trinajstić information content (AvgIpc) is 3.17. The largest absolute Gasteiger partial charge is 0.308 e. The molecule has 0 aromatic heterocycles. The van der Waals surface area contributed by atoms with Gasteiger partial charge in [-0.25, -0.2) is 13.1 Å². The zero-order valence-corrected chi connectivity index (χ0v) is 18.8. The Kier molecular flexibility index (Phi) is 5.69. The third-order valence-electron chi connectivity index (χ3n) is 5.77. The van der Waals surface area contributed by atoms with Gasteiger partial charge in [0.05, 0.1) is 4.90 Å². The van der Waals surface area contributed by atoms with E-state index in [0.29, 0.717) is 22.6 Å². The summed E-state index contributed by atoms with van der Waals surface area (Å²) in [5.74, 6) is -0.0232. The van der Waals surface area contributed by atoms with Crippen LogP contribution >= 0.6 is 0 Å². The Hall–Kier alpha value is -2.96. The Morgan fingerprint density at radius 3 is 2.52 bits per heavy atom. The van der Waals surface area contributed by atoms with Gasteiger partial charge in [0.1, 0.15) is 0 Å². The molecule has 0 spiro atoms. The molecular weight excluding hydrogens is 408 g/mol. The van der Waals surface area contributed by atoms with Gasteiger partial charge in [-0.15, -0.1) is 0 Å². The van der Waals surface area contributed by atoms with Gasteiger partial charge < -0.3 is 4.90 Å². The summed E-state index contributed by atoms with van der Waals surface area (Å²) in [6.07, 6.45) is 0.793. The first-order chi connectivity index (χ1) is 14.8. The van der Waals surface area contributed by atoms with Gasteiger partial charge >= 0.3 is 0 Å². The SMILES string of the molecule is Cc1ccc(C)c(S(=O)(=O)NCc2ccc3c(c2)N(C(=O)c2ccccc2C)CC3)c1. The molecule has 6 heteroatoms. The van der Waals surface area contributed by atoms with Crippen LogP contribution in [0.15, 0.2) is 65.6 Å². The molecular formula is C25H26N2O3S. The van der Waals surface area contributed by atoms with Gasteiger partial charge in [-0.2, -0.15) is 0 Å². The average molecular weight is 435 g/mol. The van der Waals surface area contributed by atoms with Crippen LogP contribution in [0.5, 0.6) is 0 Å². The number of nitrogens with one attached hydrogen (secondary N) is 1. The van der Waals surface area contributed by atoms with Crippen molar-refractivity contribution < 1.29 is 13.2 Å². The van der Waals surface area contributed by atoms with E-state index in [1.165, 1.54) is 0 Å². The van der Waals surface area contributed by atoms with Gasteiger partial charge in [-0.1, -0.05) is 42.5 Å². The molecule has 3 aromatic rings. The van der Waals surface area contributed by atoms with Crippen molar-refractivity contribution in [2.45, 2.75) is 38.6 Å². The topological polar surface area (TPSA) is 66.5 Å². The van der Waals surface area contributed by atoms with E-state index >= 15 is 0 Å². The summed E-state index contributed by atoms with van der Waals surface area (Å²) < 4.78 is 28.4. The normalized spacial score (nSPS) is 13.3. The lowest BCUT2D eigenvalue weighted by Crippen LogP contribution is -2.29. The van der Waals surface area contributed by atoms with Crippen LogP contribution in [0, 0.1) is 20.8 Å². The molecule has 0 saturated carbocycles. The number of benzene rings is 3. The standard InChI is InChI=1S/C25H26N2O3S/c1-17-8-9-19(3)24(14-17)31(29,30)26-16-20-10-11-21-12-13-27(23(21)15-20)25(28)22-7-5-4-6-18(22)2/h4-11,14-15,26H,12-13,16H2,1-3H3. The number of anilines is 1. The van der Waals surface area contributed by atoms with Gasteiger partial charge in [0.2, 0.25) is 10.0 Å². The zero-order chi connectivity index (χ0) is 22.2. The predicted octanol–water partition coefficient (Wildman–Crippen LogP) is 4.29. The van der Waals surface area contributed by atoms with E-state index in [1.54, 1.807) is 17.9 Å². The highest BCUT2D eigenvalue weighted by Gasteiger charge is 2.27. The highest BCUT2D eigenvalue weighted by Crippen LogP contribution is 2.31. The van der Waals surface area contributed by atoms with Crippen LogP contribution in [-0.4, -0.2) is 20.9 Å². The number of nitrogens with zero attached hydrogens (tertiary/aromatic N) is 1. The molecule has 1 heterocycles. The lowest BCUT2D eigenvalue weighted by Gasteiger charge is -2.19. The number of rotatable bonds is 5. The molecule has 1 amide bonds. The minimum Gasteiger partial charge on any atom is -0.308 e. The molecule has 5 nitrogen and oxygen atoms in total. The number of sulfonamides is 1. The predicted molar refractivity (Wildman–Crippen MR) is 123 cm³/mol. The molecule has 160 valence electrons. The number of hydrogen-bond donors (Lipinski definition) is 1. The summed E-state index contributed by atoms with van der Waals surface area (Å²) in [4.78, 5) is 15.2. The van der Waals surface area contributed by atoms with Crippen LogP contribution in [0.1, 0.15) is 38.2 Å². The second kappa shape index (κ2) is 8.29. The van der Waals surface area contributed by atoms with Crippen molar-refractivity contribution in [2.75, 3.05) is 11.4 Å². The Bertz CT molecular complexity index is 1270. The van der Waals surface area contributed by atoms with Gasteiger partial charge in [0.15, 0.2) is 0 Å². The van der Waals surface area contributed by atoms with E-state index in [-0.39, 0.29) is 12.5 Å². The maximum absolute atomic E-state index is 13.1. The lowest BCUT2D eigenvalue weighted by molar-refractivity contribution is 0.0989. The summed E-state index contributed by atoms with van der Waals surface area (Å²) in [5, 5.41) is 0. The number of fused-ring (bicyclic) bond motifs is 1. The van der Waals surface area contributed by atoms with Crippen molar-refractivity contribution in [3.05, 3.63) is 94.0 Å². The monoisotopic (exact) mass is 434 g/mol. The Labute approximate surface area is 183 Å². The second-order valence-corrected chi connectivity index (χ2v) is 9.81. The van der Waals surface area contributed by atoms with Crippen molar-refractivity contribution in [1.82, 2.24) is 4.72 Å². The molecule has 0 radical (unpaired) electrons. The Balaban J connectivity index is 1.56. The smallest absolute Gasteiger partial charge is 0.258 e. The van der Waals surface area contributed by atoms with Crippen molar-refractivity contribution in [3.63, 3.8) is 0 Å². The van der Waals surface area contributed by atoms with Crippen molar-refractivity contribution in [2.24, 2.45) is 0 Å². The molecule has 0 atom stereocenters. The highest BCUT2D eigenvalue weighted by atomic mass is 32.2. The van der Waals surface area contributed by atoms with Crippen LogP contribution in [0.25, 0.3) is 0 Å². The molecule has 3 aromatic carbocycles. The third-order valence-corrected chi connectivity index (χ3v) is 7.31. The van der Waals surface area contributed by atoms with Gasteiger partial charge in [-0.3, -0.25) is 4.79 Å². The summed E-state index contributed by atoms with van der Waals surface area (Å²) in [5.41, 5.74) is 6.02. The van der Waals surface area contributed by atoms with E-state index in [4.69, 9.17) is 0 Å². The van der Waals surface area contributed by atoms with E-state index in [2.05, 4.69) is 4.72 Å². The number of amides is 1. The summed E-state index contributed by atoms with van der Waals surface area (Å²) in [7, 11) is -3.63. The highest BCUT2D eigenvalue weighted by molar-refractivity contribution is 7.89. The number of hydrogen-bond acceptors (Lipinski definition) is 3. The fraction of sp³-hybridized carbons (Fsp3) is 0.240. The van der Waals surface area contributed by atoms with Crippen LogP contribution < -0.4 is 9.62 Å². The van der Waals surface area contributed by atoms with Gasteiger partial charge in [0.25, 0.3) is 5.91 Å². The van der Waals surface area contributed by atoms with E-state index in [0.717, 1.165) is 34.4 Å². The summed E-state index contributed by atoms with van der Waals surface area (Å²) >= 11 is 0. The quantitative estimate of drug-likeness (QED) is 0.651. The molecule has 1 aliphatic heterocycles. The van der Waals surface area contributed by atoms with E-state index in [9.17, 15) is 13.2 Å². The first-order valence-corrected chi connectivity index (χ1v) is 11.8. The number of aryl methyl sites for hydroxylation is 3. The number of carbonyl (C=O) groups is 1. The molecule has 1 N–H and O–H groups in total.